The van der Waals surface area contributed by atoms with Gasteiger partial charge in [-0.25, -0.2) is 0 Å². The number of ether oxygens (including phenoxy) is 2. The number of amides is 3. The number of aliphatic hydroxyl groups excluding tert-OH is 1. The lowest BCUT2D eigenvalue weighted by Crippen LogP contribution is -2.53. The molecule has 8 atom stereocenters. The first-order chi connectivity index (χ1) is 19.9. The van der Waals surface area contributed by atoms with Crippen LogP contribution in [0.3, 0.4) is 0 Å². The van der Waals surface area contributed by atoms with Crippen molar-refractivity contribution in [2.24, 2.45) is 17.8 Å². The molecule has 42 heavy (non-hydrogen) atoms. The zero-order valence-electron chi connectivity index (χ0n) is 27.2. The molecule has 1 aliphatic rings. The van der Waals surface area contributed by atoms with Gasteiger partial charge < -0.3 is 29.7 Å². The summed E-state index contributed by atoms with van der Waals surface area (Å²) in [5.74, 6) is -0.424. The Morgan fingerprint density at radius 1 is 1.05 bits per heavy atom. The van der Waals surface area contributed by atoms with Crippen LogP contribution in [0.25, 0.3) is 0 Å². The molecule has 1 heterocycles. The molecular formula is C33H55N3O6. The van der Waals surface area contributed by atoms with Gasteiger partial charge in [0.05, 0.1) is 48.8 Å². The average Bonchev–Trinajstić information content (AvgIpc) is 3.46. The van der Waals surface area contributed by atoms with Crippen molar-refractivity contribution in [2.45, 2.75) is 110 Å². The van der Waals surface area contributed by atoms with Crippen molar-refractivity contribution in [2.75, 3.05) is 27.8 Å². The highest BCUT2D eigenvalue weighted by atomic mass is 16.5. The number of rotatable bonds is 16. The zero-order chi connectivity index (χ0) is 31.6. The molecule has 2 N–H and O–H groups in total. The van der Waals surface area contributed by atoms with E-state index in [1.807, 2.05) is 56.1 Å². The predicted octanol–water partition coefficient (Wildman–Crippen LogP) is 4.19. The normalized spacial score (nSPS) is 20.4. The van der Waals surface area contributed by atoms with E-state index in [4.69, 9.17) is 9.47 Å². The van der Waals surface area contributed by atoms with Gasteiger partial charge in [0, 0.05) is 34.2 Å². The Labute approximate surface area is 253 Å². The fourth-order valence-electron chi connectivity index (χ4n) is 6.19. The van der Waals surface area contributed by atoms with Crippen LogP contribution < -0.4 is 5.32 Å². The summed E-state index contributed by atoms with van der Waals surface area (Å²) in [7, 11) is 4.99. The molecule has 1 aromatic rings. The first-order valence-electron chi connectivity index (χ1n) is 15.5. The molecule has 0 spiro atoms. The second-order valence-corrected chi connectivity index (χ2v) is 12.4. The summed E-state index contributed by atoms with van der Waals surface area (Å²) in [6, 6.07) is 8.22. The summed E-state index contributed by atoms with van der Waals surface area (Å²) >= 11 is 0. The van der Waals surface area contributed by atoms with Gasteiger partial charge in [-0.15, -0.1) is 0 Å². The maximum absolute atomic E-state index is 13.8. The highest BCUT2D eigenvalue weighted by Gasteiger charge is 2.42. The van der Waals surface area contributed by atoms with E-state index < -0.39 is 30.3 Å². The molecule has 1 fully saturated rings. The highest BCUT2D eigenvalue weighted by Crippen LogP contribution is 2.30. The number of methoxy groups -OCH3 is 2. The molecular weight excluding hydrogens is 534 g/mol. The Morgan fingerprint density at radius 2 is 1.69 bits per heavy atom. The molecule has 0 aliphatic carbocycles. The van der Waals surface area contributed by atoms with Crippen LogP contribution in [0, 0.1) is 17.8 Å². The van der Waals surface area contributed by atoms with Gasteiger partial charge in [-0.2, -0.15) is 0 Å². The van der Waals surface area contributed by atoms with Gasteiger partial charge in [-0.1, -0.05) is 71.4 Å². The molecule has 0 bridgehead atoms. The molecule has 9 nitrogen and oxygen atoms in total. The summed E-state index contributed by atoms with van der Waals surface area (Å²) in [4.78, 5) is 43.7. The predicted molar refractivity (Wildman–Crippen MR) is 165 cm³/mol. The Hall–Kier alpha value is -2.49. The monoisotopic (exact) mass is 589 g/mol. The summed E-state index contributed by atoms with van der Waals surface area (Å²) < 4.78 is 11.8. The van der Waals surface area contributed by atoms with Gasteiger partial charge >= 0.3 is 0 Å². The maximum Gasteiger partial charge on any atom is 0.225 e. The molecule has 1 aromatic carbocycles. The van der Waals surface area contributed by atoms with E-state index in [2.05, 4.69) is 19.2 Å². The standard InChI is InChI=1S/C33H55N3O6/c1-10-22(4)30(35(7)28(37)19-21(2)3)27(41-8)20-29(38)36-18-14-17-26(36)32(42-9)23(5)33(40)34-24(6)31(39)25-15-12-11-13-16-25/h11-13,15-16,21-24,26-27,30-32,39H,10,14,17-20H2,1-9H3,(H,34,40). The van der Waals surface area contributed by atoms with E-state index in [1.165, 1.54) is 0 Å². The third kappa shape index (κ3) is 9.25. The molecule has 0 saturated carbocycles. The number of benzene rings is 1. The number of carbonyl (C=O) groups is 3. The lowest BCUT2D eigenvalue weighted by Gasteiger charge is -2.39. The second-order valence-electron chi connectivity index (χ2n) is 12.4. The largest absolute Gasteiger partial charge is 0.386 e. The first kappa shape index (κ1) is 35.7. The zero-order valence-corrected chi connectivity index (χ0v) is 27.2. The van der Waals surface area contributed by atoms with E-state index in [1.54, 1.807) is 33.0 Å². The van der Waals surface area contributed by atoms with Crippen LogP contribution in [0.15, 0.2) is 30.3 Å². The average molecular weight is 590 g/mol. The molecule has 2 rings (SSSR count). The van der Waals surface area contributed by atoms with Crippen LogP contribution in [0.4, 0.5) is 0 Å². The van der Waals surface area contributed by atoms with Crippen LogP contribution in [0.5, 0.6) is 0 Å². The van der Waals surface area contributed by atoms with Gasteiger partial charge in [-0.05, 0) is 37.2 Å². The fourth-order valence-corrected chi connectivity index (χ4v) is 6.19. The smallest absolute Gasteiger partial charge is 0.225 e. The van der Waals surface area contributed by atoms with Crippen molar-refractivity contribution in [1.29, 1.82) is 0 Å². The number of likely N-dealkylation sites (tertiary alicyclic amines) is 1. The van der Waals surface area contributed by atoms with Crippen LogP contribution in [0.1, 0.15) is 85.3 Å². The van der Waals surface area contributed by atoms with Crippen LogP contribution in [0.2, 0.25) is 0 Å². The van der Waals surface area contributed by atoms with Gasteiger partial charge in [0.2, 0.25) is 17.7 Å². The van der Waals surface area contributed by atoms with Crippen molar-refractivity contribution in [3.8, 4) is 0 Å². The minimum absolute atomic E-state index is 0.0507. The number of nitrogens with zero attached hydrogens (tertiary/aromatic N) is 2. The topological polar surface area (TPSA) is 108 Å². The summed E-state index contributed by atoms with van der Waals surface area (Å²) in [6.07, 6.45) is 1.15. The molecule has 0 radical (unpaired) electrons. The van der Waals surface area contributed by atoms with Gasteiger partial charge in [0.1, 0.15) is 0 Å². The molecule has 238 valence electrons. The summed E-state index contributed by atoms with van der Waals surface area (Å²) in [5.41, 5.74) is 0.730. The third-order valence-electron chi connectivity index (χ3n) is 8.87. The SMILES string of the molecule is CCC(C)C(C(CC(=O)N1CCCC1C(OC)C(C)C(=O)NC(C)C(O)c1ccccc1)OC)N(C)C(=O)CC(C)C. The van der Waals surface area contributed by atoms with E-state index >= 15 is 0 Å². The molecule has 9 heteroatoms. The second kappa shape index (κ2) is 17.0. The van der Waals surface area contributed by atoms with Crippen LogP contribution in [-0.4, -0.2) is 90.8 Å². The van der Waals surface area contributed by atoms with Crippen LogP contribution in [-0.2, 0) is 23.9 Å². The van der Waals surface area contributed by atoms with Gasteiger partial charge in [0.15, 0.2) is 0 Å². The first-order valence-corrected chi connectivity index (χ1v) is 15.5. The Morgan fingerprint density at radius 3 is 2.24 bits per heavy atom. The van der Waals surface area contributed by atoms with E-state index in [9.17, 15) is 19.5 Å². The van der Waals surface area contributed by atoms with E-state index in [0.717, 1.165) is 24.8 Å². The highest BCUT2D eigenvalue weighted by molar-refractivity contribution is 5.81. The van der Waals surface area contributed by atoms with Crippen LogP contribution >= 0.6 is 0 Å². The maximum atomic E-state index is 13.8. The summed E-state index contributed by atoms with van der Waals surface area (Å²) in [5, 5.41) is 13.7. The van der Waals surface area contributed by atoms with Gasteiger partial charge in [0.25, 0.3) is 0 Å². The molecule has 1 saturated heterocycles. The number of likely N-dealkylation sites (N-methyl/N-ethyl adjacent to an activating group) is 1. The minimum atomic E-state index is -0.845. The Bertz CT molecular complexity index is 989. The van der Waals surface area contributed by atoms with Crippen molar-refractivity contribution >= 4 is 17.7 Å². The lowest BCUT2D eigenvalue weighted by atomic mass is 9.90. The van der Waals surface area contributed by atoms with Crippen molar-refractivity contribution in [3.05, 3.63) is 35.9 Å². The fraction of sp³-hybridized carbons (Fsp3) is 0.727. The number of hydrogen-bond acceptors (Lipinski definition) is 6. The van der Waals surface area contributed by atoms with Gasteiger partial charge in [-0.3, -0.25) is 14.4 Å². The van der Waals surface area contributed by atoms with E-state index in [0.29, 0.717) is 13.0 Å². The number of carbonyl (C=O) groups excluding carboxylic acids is 3. The van der Waals surface area contributed by atoms with Crippen molar-refractivity contribution in [1.82, 2.24) is 15.1 Å². The third-order valence-corrected chi connectivity index (χ3v) is 8.87. The molecule has 1 aliphatic heterocycles. The minimum Gasteiger partial charge on any atom is -0.386 e. The number of aliphatic hydroxyl groups is 1. The molecule has 3 amide bonds. The Kier molecular flexibility index (Phi) is 14.4. The quantitative estimate of drug-likeness (QED) is 0.299. The molecule has 0 aromatic heterocycles. The number of hydrogen-bond donors (Lipinski definition) is 2. The summed E-state index contributed by atoms with van der Waals surface area (Å²) in [6.45, 7) is 12.4. The van der Waals surface area contributed by atoms with Crippen molar-refractivity contribution in [3.63, 3.8) is 0 Å². The lowest BCUT2D eigenvalue weighted by molar-refractivity contribution is -0.146. The van der Waals surface area contributed by atoms with E-state index in [-0.39, 0.29) is 48.1 Å². The Balaban J connectivity index is 2.15. The number of nitrogens with one attached hydrogen (secondary N) is 1. The van der Waals surface area contributed by atoms with Crippen molar-refractivity contribution < 1.29 is 29.0 Å². The molecule has 8 unspecified atom stereocenters.